The predicted octanol–water partition coefficient (Wildman–Crippen LogP) is 7.55. The van der Waals surface area contributed by atoms with Crippen LogP contribution in [0.15, 0.2) is 48.6 Å². The second-order valence-electron chi connectivity index (χ2n) is 13.5. The Morgan fingerprint density at radius 2 is 1.86 bits per heavy atom. The predicted molar refractivity (Wildman–Crippen MR) is 173 cm³/mol. The van der Waals surface area contributed by atoms with E-state index in [0.29, 0.717) is 54.4 Å². The molecular formula is C35H45ClN2O4S. The van der Waals surface area contributed by atoms with Gasteiger partial charge in [-0.25, -0.2) is 13.1 Å². The Hall–Kier alpha value is -2.51. The van der Waals surface area contributed by atoms with Crippen molar-refractivity contribution in [1.29, 1.82) is 0 Å². The Bertz CT molecular complexity index is 1470. The fourth-order valence-corrected chi connectivity index (χ4v) is 9.26. The highest BCUT2D eigenvalue weighted by Crippen LogP contribution is 2.43. The molecule has 2 aromatic carbocycles. The lowest BCUT2D eigenvalue weighted by Gasteiger charge is -2.43. The first-order valence-electron chi connectivity index (χ1n) is 16.2. The molecular weight excluding hydrogens is 580 g/mol. The normalized spacial score (nSPS) is 30.3. The molecule has 2 bridgehead atoms. The van der Waals surface area contributed by atoms with Crippen LogP contribution in [0.2, 0.25) is 5.02 Å². The number of benzene rings is 2. The van der Waals surface area contributed by atoms with Crippen molar-refractivity contribution in [3.8, 4) is 5.75 Å². The van der Waals surface area contributed by atoms with Crippen LogP contribution in [0, 0.1) is 29.6 Å². The molecule has 6 rings (SSSR count). The minimum Gasteiger partial charge on any atom is -0.487 e. The van der Waals surface area contributed by atoms with Gasteiger partial charge in [-0.15, -0.1) is 0 Å². The van der Waals surface area contributed by atoms with E-state index in [1.54, 1.807) is 6.07 Å². The molecule has 0 unspecified atom stereocenters. The molecule has 232 valence electrons. The smallest absolute Gasteiger partial charge is 0.264 e. The van der Waals surface area contributed by atoms with E-state index in [-0.39, 0.29) is 5.92 Å². The second kappa shape index (κ2) is 12.8. The first-order valence-corrected chi connectivity index (χ1v) is 18.1. The summed E-state index contributed by atoms with van der Waals surface area (Å²) in [5.41, 5.74) is 3.54. The van der Waals surface area contributed by atoms with Crippen molar-refractivity contribution in [1.82, 2.24) is 4.72 Å². The van der Waals surface area contributed by atoms with Crippen molar-refractivity contribution in [2.45, 2.75) is 83.5 Å². The fraction of sp³-hybridized carbons (Fsp3) is 0.571. The molecule has 1 amide bonds. The Kier molecular flexibility index (Phi) is 9.11. The van der Waals surface area contributed by atoms with Gasteiger partial charge < -0.3 is 9.64 Å². The third kappa shape index (κ3) is 7.09. The molecule has 1 N–H and O–H groups in total. The molecule has 0 saturated heterocycles. The largest absolute Gasteiger partial charge is 0.487 e. The monoisotopic (exact) mass is 624 g/mol. The molecule has 6 nitrogen and oxygen atoms in total. The molecule has 8 heteroatoms. The minimum absolute atomic E-state index is 0.0755. The zero-order valence-corrected chi connectivity index (χ0v) is 27.0. The number of fused-ring (bicyclic) bond motifs is 3. The average Bonchev–Trinajstić information content (AvgIpc) is 3.78. The van der Waals surface area contributed by atoms with Crippen LogP contribution in [0.25, 0.3) is 0 Å². The Morgan fingerprint density at radius 1 is 1.02 bits per heavy atom. The number of carbonyl (C=O) groups excluding carboxylic acids is 1. The molecule has 0 radical (unpaired) electrons. The van der Waals surface area contributed by atoms with Crippen LogP contribution >= 0.6 is 11.6 Å². The van der Waals surface area contributed by atoms with Gasteiger partial charge in [-0.1, -0.05) is 56.5 Å². The number of halogens is 1. The lowest BCUT2D eigenvalue weighted by atomic mass is 9.67. The third-order valence-corrected chi connectivity index (χ3v) is 12.5. The van der Waals surface area contributed by atoms with Gasteiger partial charge in [-0.2, -0.15) is 0 Å². The number of hydrogen-bond donors (Lipinski definition) is 1. The van der Waals surface area contributed by atoms with E-state index in [4.69, 9.17) is 16.3 Å². The molecule has 43 heavy (non-hydrogen) atoms. The third-order valence-electron chi connectivity index (χ3n) is 10.3. The van der Waals surface area contributed by atoms with E-state index in [1.165, 1.54) is 18.4 Å². The number of aryl methyl sites for hydroxylation is 1. The number of amides is 1. The van der Waals surface area contributed by atoms with Crippen molar-refractivity contribution in [3.63, 3.8) is 0 Å². The highest BCUT2D eigenvalue weighted by atomic mass is 35.5. The molecule has 0 aromatic heterocycles. The lowest BCUT2D eigenvalue weighted by molar-refractivity contribution is 0.0980. The maximum Gasteiger partial charge on any atom is 0.264 e. The van der Waals surface area contributed by atoms with Crippen molar-refractivity contribution in [3.05, 3.63) is 70.3 Å². The summed E-state index contributed by atoms with van der Waals surface area (Å²) in [7, 11) is -3.86. The van der Waals surface area contributed by atoms with Crippen LogP contribution in [-0.2, 0) is 23.1 Å². The number of nitrogens with zero attached hydrogens (tertiary/aromatic N) is 1. The Labute approximate surface area is 262 Å². The summed E-state index contributed by atoms with van der Waals surface area (Å²) in [4.78, 5) is 16.0. The fourth-order valence-electron chi connectivity index (χ4n) is 7.29. The van der Waals surface area contributed by atoms with E-state index >= 15 is 0 Å². The molecule has 2 heterocycles. The summed E-state index contributed by atoms with van der Waals surface area (Å²) >= 11 is 6.34. The summed E-state index contributed by atoms with van der Waals surface area (Å²) in [6.07, 6.45) is 13.3. The summed E-state index contributed by atoms with van der Waals surface area (Å²) in [6.45, 7) is 6.46. The van der Waals surface area contributed by atoms with Gasteiger partial charge in [0, 0.05) is 23.7 Å². The van der Waals surface area contributed by atoms with E-state index in [1.807, 2.05) is 37.3 Å². The van der Waals surface area contributed by atoms with Gasteiger partial charge in [0.05, 0.1) is 10.9 Å². The number of sulfonamides is 1. The highest BCUT2D eigenvalue weighted by Gasteiger charge is 2.38. The quantitative estimate of drug-likeness (QED) is 0.349. The van der Waals surface area contributed by atoms with Crippen molar-refractivity contribution >= 4 is 33.2 Å². The number of carbonyl (C=O) groups is 1. The maximum absolute atomic E-state index is 13.7. The Balaban J connectivity index is 1.37. The zero-order valence-electron chi connectivity index (χ0n) is 25.4. The van der Waals surface area contributed by atoms with Gasteiger partial charge in [-0.3, -0.25) is 4.79 Å². The lowest BCUT2D eigenvalue weighted by Crippen LogP contribution is -2.42. The van der Waals surface area contributed by atoms with Gasteiger partial charge in [0.25, 0.3) is 5.91 Å². The van der Waals surface area contributed by atoms with E-state index < -0.39 is 21.2 Å². The average molecular weight is 625 g/mol. The number of nitrogens with one attached hydrogen (secondary N) is 1. The van der Waals surface area contributed by atoms with Gasteiger partial charge in [0.1, 0.15) is 12.4 Å². The van der Waals surface area contributed by atoms with Crippen molar-refractivity contribution < 1.29 is 17.9 Å². The topological polar surface area (TPSA) is 75.7 Å². The van der Waals surface area contributed by atoms with Crippen molar-refractivity contribution in [2.75, 3.05) is 18.0 Å². The summed E-state index contributed by atoms with van der Waals surface area (Å²) in [5, 5.41) is 0.139. The van der Waals surface area contributed by atoms with Gasteiger partial charge in [0.2, 0.25) is 10.0 Å². The van der Waals surface area contributed by atoms with Crippen molar-refractivity contribution in [2.24, 2.45) is 29.6 Å². The van der Waals surface area contributed by atoms with Crippen LogP contribution in [0.4, 0.5) is 5.69 Å². The molecule has 2 aliphatic heterocycles. The number of anilines is 1. The van der Waals surface area contributed by atoms with Gasteiger partial charge in [-0.05, 0) is 116 Å². The van der Waals surface area contributed by atoms with E-state index in [9.17, 15) is 13.2 Å². The zero-order chi connectivity index (χ0) is 30.1. The molecule has 2 aromatic rings. The minimum atomic E-state index is -3.86. The number of allylic oxidation sites excluding steroid dienone is 2. The first-order chi connectivity index (χ1) is 20.7. The maximum atomic E-state index is 13.7. The summed E-state index contributed by atoms with van der Waals surface area (Å²) in [6, 6.07) is 11.4. The van der Waals surface area contributed by atoms with E-state index in [0.717, 1.165) is 61.5 Å². The standard InChI is InChI=1S/C35H45ClN2O4S/c1-23-6-5-7-24(2)34(18-25-9-10-25)43(40,41)37-35(39)27-13-16-33-32(20-27)38(21-28-12-15-31(23)28)17-4-3-8-26-19-30(36)14-11-29(26)22-42-33/h5-6,11,13-14,16,19-20,23-25,28,31,34H,3-4,7-10,12,15,17-18,21-22H2,1-2H3,(H,37,39)/b6-5+/t23-,24-,28-,31-,34-/m0/s1. The van der Waals surface area contributed by atoms with Crippen LogP contribution in [0.5, 0.6) is 5.75 Å². The van der Waals surface area contributed by atoms with Crippen LogP contribution in [0.3, 0.4) is 0 Å². The Morgan fingerprint density at radius 3 is 2.63 bits per heavy atom. The molecule has 2 fully saturated rings. The molecule has 0 spiro atoms. The summed E-state index contributed by atoms with van der Waals surface area (Å²) < 4.78 is 36.4. The molecule has 5 atom stereocenters. The van der Waals surface area contributed by atoms with E-state index in [2.05, 4.69) is 28.7 Å². The first kappa shape index (κ1) is 30.5. The summed E-state index contributed by atoms with van der Waals surface area (Å²) in [5.74, 6) is 2.08. The van der Waals surface area contributed by atoms with Crippen LogP contribution < -0.4 is 14.4 Å². The van der Waals surface area contributed by atoms with Crippen LogP contribution in [-0.4, -0.2) is 32.7 Å². The van der Waals surface area contributed by atoms with Gasteiger partial charge in [0.15, 0.2) is 0 Å². The number of hydrogen-bond acceptors (Lipinski definition) is 5. The van der Waals surface area contributed by atoms with Crippen LogP contribution in [0.1, 0.15) is 86.7 Å². The number of rotatable bonds is 2. The van der Waals surface area contributed by atoms with Gasteiger partial charge >= 0.3 is 0 Å². The highest BCUT2D eigenvalue weighted by molar-refractivity contribution is 7.90. The number of ether oxygens (including phenoxy) is 1. The SMILES string of the molecule is C[C@H]1/C=C/C[C@H](C)[C@H](CC2CC2)S(=O)(=O)NC(=O)c2ccc3c(c2)N(CCCCc2cc(Cl)ccc2CO3)C[C@@H]2CC[C@H]21. The molecule has 2 saturated carbocycles. The molecule has 4 aliphatic rings. The second-order valence-corrected chi connectivity index (χ2v) is 15.8. The molecule has 2 aliphatic carbocycles.